The number of hydrogen-bond acceptors (Lipinski definition) is 4. The van der Waals surface area contributed by atoms with E-state index in [1.165, 1.54) is 4.90 Å². The minimum Gasteiger partial charge on any atom is -0.389 e. The van der Waals surface area contributed by atoms with Crippen LogP contribution in [0.5, 0.6) is 0 Å². The van der Waals surface area contributed by atoms with Gasteiger partial charge in [0.25, 0.3) is 0 Å². The molecule has 0 spiro atoms. The van der Waals surface area contributed by atoms with Crippen molar-refractivity contribution in [1.82, 2.24) is 0 Å². The SMILES string of the molecule is CC(=O)/C=C/Sc1ccccc1.C[C@@H](O)/C=C/Sc1ccccc1. The predicted octanol–water partition coefficient (Wildman–Crippen LogP) is 5.55. The lowest BCUT2D eigenvalue weighted by Gasteiger charge is -1.95. The highest BCUT2D eigenvalue weighted by atomic mass is 32.2. The van der Waals surface area contributed by atoms with Gasteiger partial charge in [-0.1, -0.05) is 59.9 Å². The number of thioether (sulfide) groups is 2. The molecule has 0 aliphatic heterocycles. The van der Waals surface area contributed by atoms with Crippen molar-refractivity contribution in [3.63, 3.8) is 0 Å². The van der Waals surface area contributed by atoms with Gasteiger partial charge in [0.05, 0.1) is 6.10 Å². The van der Waals surface area contributed by atoms with Crippen molar-refractivity contribution in [2.75, 3.05) is 0 Å². The van der Waals surface area contributed by atoms with Gasteiger partial charge in [-0.15, -0.1) is 0 Å². The van der Waals surface area contributed by atoms with Crippen molar-refractivity contribution in [2.24, 2.45) is 0 Å². The zero-order valence-electron chi connectivity index (χ0n) is 13.8. The van der Waals surface area contributed by atoms with E-state index < -0.39 is 0 Å². The highest BCUT2D eigenvalue weighted by molar-refractivity contribution is 8.02. The third-order valence-corrected chi connectivity index (χ3v) is 4.21. The van der Waals surface area contributed by atoms with Gasteiger partial charge in [0, 0.05) is 9.79 Å². The molecule has 1 N–H and O–H groups in total. The van der Waals surface area contributed by atoms with E-state index in [0.29, 0.717) is 0 Å². The van der Waals surface area contributed by atoms with Crippen LogP contribution in [0.3, 0.4) is 0 Å². The molecule has 0 bridgehead atoms. The topological polar surface area (TPSA) is 37.3 Å². The van der Waals surface area contributed by atoms with Crippen LogP contribution in [0.2, 0.25) is 0 Å². The van der Waals surface area contributed by atoms with E-state index in [2.05, 4.69) is 0 Å². The van der Waals surface area contributed by atoms with Gasteiger partial charge in [0.1, 0.15) is 0 Å². The van der Waals surface area contributed by atoms with Crippen molar-refractivity contribution in [1.29, 1.82) is 0 Å². The summed E-state index contributed by atoms with van der Waals surface area (Å²) < 4.78 is 0. The third-order valence-electron chi connectivity index (χ3n) is 2.55. The molecule has 4 heteroatoms. The number of rotatable bonds is 6. The van der Waals surface area contributed by atoms with Gasteiger partial charge in [-0.2, -0.15) is 0 Å². The van der Waals surface area contributed by atoms with Gasteiger partial charge >= 0.3 is 0 Å². The first-order valence-corrected chi connectivity index (χ1v) is 9.29. The first kappa shape index (κ1) is 20.3. The Bertz CT molecular complexity index is 635. The molecule has 24 heavy (non-hydrogen) atoms. The van der Waals surface area contributed by atoms with Crippen LogP contribution in [0, 0.1) is 0 Å². The Morgan fingerprint density at radius 3 is 1.79 bits per heavy atom. The second-order valence-electron chi connectivity index (χ2n) is 4.84. The van der Waals surface area contributed by atoms with E-state index in [1.54, 1.807) is 54.9 Å². The summed E-state index contributed by atoms with van der Waals surface area (Å²) in [6.07, 6.45) is 2.97. The molecule has 2 aromatic carbocycles. The monoisotopic (exact) mass is 358 g/mol. The van der Waals surface area contributed by atoms with E-state index >= 15 is 0 Å². The quantitative estimate of drug-likeness (QED) is 0.542. The summed E-state index contributed by atoms with van der Waals surface area (Å²) in [7, 11) is 0. The van der Waals surface area contributed by atoms with E-state index in [9.17, 15) is 4.79 Å². The van der Waals surface area contributed by atoms with E-state index in [1.807, 2.05) is 66.1 Å². The summed E-state index contributed by atoms with van der Waals surface area (Å²) in [5.41, 5.74) is 0. The fraction of sp³-hybridized carbons (Fsp3) is 0.150. The Morgan fingerprint density at radius 2 is 1.38 bits per heavy atom. The van der Waals surface area contributed by atoms with Gasteiger partial charge in [0.2, 0.25) is 0 Å². The van der Waals surface area contributed by atoms with Crippen LogP contribution in [0.4, 0.5) is 0 Å². The van der Waals surface area contributed by atoms with E-state index in [0.717, 1.165) is 4.90 Å². The minimum absolute atomic E-state index is 0.0819. The Hall–Kier alpha value is -1.75. The Balaban J connectivity index is 0.000000240. The predicted molar refractivity (Wildman–Crippen MR) is 105 cm³/mol. The largest absolute Gasteiger partial charge is 0.389 e. The van der Waals surface area contributed by atoms with Gasteiger partial charge in [0.15, 0.2) is 5.78 Å². The highest BCUT2D eigenvalue weighted by Gasteiger charge is 1.88. The number of aliphatic hydroxyl groups excluding tert-OH is 1. The maximum absolute atomic E-state index is 10.5. The first-order valence-electron chi connectivity index (χ1n) is 7.53. The van der Waals surface area contributed by atoms with Crippen molar-refractivity contribution in [3.8, 4) is 0 Å². The molecular formula is C20H22O2S2. The Labute approximate surface area is 152 Å². The van der Waals surface area contributed by atoms with Gasteiger partial charge in [-0.25, -0.2) is 0 Å². The Kier molecular flexibility index (Phi) is 10.7. The molecule has 126 valence electrons. The molecule has 0 saturated carbocycles. The average molecular weight is 359 g/mol. The first-order chi connectivity index (χ1) is 11.6. The molecule has 0 aliphatic rings. The van der Waals surface area contributed by atoms with Crippen LogP contribution >= 0.6 is 23.5 Å². The number of aliphatic hydroxyl groups is 1. The molecule has 0 saturated heterocycles. The molecule has 0 fully saturated rings. The summed E-state index contributed by atoms with van der Waals surface area (Å²) in [4.78, 5) is 12.9. The molecule has 1 atom stereocenters. The average Bonchev–Trinajstić information content (AvgIpc) is 2.57. The fourth-order valence-electron chi connectivity index (χ4n) is 1.44. The molecule has 2 rings (SSSR count). The highest BCUT2D eigenvalue weighted by Crippen LogP contribution is 2.18. The number of hydrogen-bond donors (Lipinski definition) is 1. The van der Waals surface area contributed by atoms with Crippen LogP contribution in [-0.2, 0) is 4.79 Å². The van der Waals surface area contributed by atoms with Crippen molar-refractivity contribution < 1.29 is 9.90 Å². The molecule has 0 amide bonds. The molecule has 0 aromatic heterocycles. The summed E-state index contributed by atoms with van der Waals surface area (Å²) in [5, 5.41) is 12.6. The molecule has 0 radical (unpaired) electrons. The maximum atomic E-state index is 10.5. The number of allylic oxidation sites excluding steroid dienone is 1. The van der Waals surface area contributed by atoms with Crippen molar-refractivity contribution in [2.45, 2.75) is 29.7 Å². The zero-order chi connectivity index (χ0) is 17.6. The molecule has 0 aliphatic carbocycles. The van der Waals surface area contributed by atoms with Crippen molar-refractivity contribution >= 4 is 29.3 Å². The van der Waals surface area contributed by atoms with Crippen molar-refractivity contribution in [3.05, 3.63) is 83.6 Å². The number of carbonyl (C=O) groups is 1. The lowest BCUT2D eigenvalue weighted by Crippen LogP contribution is -1.90. The standard InChI is InChI=1S/C10H12OS.C10H10OS/c2*1-9(11)7-8-12-10-5-3-2-4-6-10/h2-9,11H,1H3;2-8H,1H3/b2*8-7+/t9-;/m1./s1. The smallest absolute Gasteiger partial charge is 0.153 e. The number of benzene rings is 2. The van der Waals surface area contributed by atoms with Gasteiger partial charge < -0.3 is 5.11 Å². The third kappa shape index (κ3) is 10.9. The van der Waals surface area contributed by atoms with Crippen LogP contribution < -0.4 is 0 Å². The second-order valence-corrected chi connectivity index (χ2v) is 6.80. The van der Waals surface area contributed by atoms with Gasteiger partial charge in [-0.3, -0.25) is 4.79 Å². The second kappa shape index (κ2) is 12.6. The van der Waals surface area contributed by atoms with Crippen LogP contribution in [-0.4, -0.2) is 17.0 Å². The summed E-state index contributed by atoms with van der Waals surface area (Å²) in [6.45, 7) is 3.28. The molecule has 0 unspecified atom stereocenters. The lowest BCUT2D eigenvalue weighted by molar-refractivity contribution is -0.112. The molecule has 2 nitrogen and oxygen atoms in total. The van der Waals surface area contributed by atoms with Gasteiger partial charge in [-0.05, 0) is 61.1 Å². The van der Waals surface area contributed by atoms with E-state index in [-0.39, 0.29) is 11.9 Å². The number of carbonyl (C=O) groups excluding carboxylic acids is 1. The molecule has 2 aromatic rings. The normalized spacial score (nSPS) is 12.0. The zero-order valence-corrected chi connectivity index (χ0v) is 15.5. The minimum atomic E-state index is -0.360. The van der Waals surface area contributed by atoms with E-state index in [4.69, 9.17) is 5.11 Å². The van der Waals surface area contributed by atoms with Crippen LogP contribution in [0.15, 0.2) is 93.4 Å². The fourth-order valence-corrected chi connectivity index (χ4v) is 2.95. The summed E-state index contributed by atoms with van der Waals surface area (Å²) >= 11 is 3.16. The summed E-state index contributed by atoms with van der Waals surface area (Å²) in [5.74, 6) is 0.0819. The van der Waals surface area contributed by atoms with Crippen LogP contribution in [0.25, 0.3) is 0 Å². The number of ketones is 1. The Morgan fingerprint density at radius 1 is 0.917 bits per heavy atom. The maximum Gasteiger partial charge on any atom is 0.153 e. The summed E-state index contributed by atoms with van der Waals surface area (Å²) in [6, 6.07) is 20.0. The van der Waals surface area contributed by atoms with Crippen LogP contribution in [0.1, 0.15) is 13.8 Å². The molecule has 0 heterocycles. The molecular weight excluding hydrogens is 336 g/mol. The lowest BCUT2D eigenvalue weighted by atomic mass is 10.4.